The summed E-state index contributed by atoms with van der Waals surface area (Å²) in [6.45, 7) is 5.66. The Morgan fingerprint density at radius 3 is 2.71 bits per heavy atom. The van der Waals surface area contributed by atoms with Crippen LogP contribution in [0.5, 0.6) is 0 Å². The molecule has 2 N–H and O–H groups in total. The van der Waals surface area contributed by atoms with Crippen molar-refractivity contribution in [3.05, 3.63) is 23.5 Å². The Kier molecular flexibility index (Phi) is 3.24. The monoisotopic (exact) mass is 235 g/mol. The van der Waals surface area contributed by atoms with E-state index in [4.69, 9.17) is 5.73 Å². The lowest BCUT2D eigenvalue weighted by molar-refractivity contribution is 0.0654. The van der Waals surface area contributed by atoms with E-state index in [1.165, 1.54) is 0 Å². The van der Waals surface area contributed by atoms with E-state index in [0.29, 0.717) is 5.92 Å². The molecule has 1 aliphatic rings. The predicted octanol–water partition coefficient (Wildman–Crippen LogP) is 1.14. The standard InChI is InChI=1S/C13H21N3O/c1-9-8-16(7-6-11(9)14)13(17)12-5-4-10(2)15(12)3/h4-5,9,11H,6-8,14H2,1-3H3. The summed E-state index contributed by atoms with van der Waals surface area (Å²) in [5.41, 5.74) is 7.85. The number of amides is 1. The van der Waals surface area contributed by atoms with Crippen LogP contribution in [0.15, 0.2) is 12.1 Å². The summed E-state index contributed by atoms with van der Waals surface area (Å²) >= 11 is 0. The molecule has 1 amide bonds. The second-order valence-electron chi connectivity index (χ2n) is 5.10. The third-order valence-electron chi connectivity index (χ3n) is 3.85. The summed E-state index contributed by atoms with van der Waals surface area (Å²) in [6, 6.07) is 4.11. The Hall–Kier alpha value is -1.29. The summed E-state index contributed by atoms with van der Waals surface area (Å²) in [5.74, 6) is 0.508. The van der Waals surface area contributed by atoms with Crippen molar-refractivity contribution in [2.45, 2.75) is 26.3 Å². The maximum Gasteiger partial charge on any atom is 0.270 e. The van der Waals surface area contributed by atoms with Crippen molar-refractivity contribution in [2.75, 3.05) is 13.1 Å². The number of nitrogens with two attached hydrogens (primary N) is 1. The zero-order valence-corrected chi connectivity index (χ0v) is 10.8. The molecule has 0 spiro atoms. The number of aryl methyl sites for hydroxylation is 1. The first-order chi connectivity index (χ1) is 8.00. The third kappa shape index (κ3) is 2.22. The second-order valence-corrected chi connectivity index (χ2v) is 5.10. The van der Waals surface area contributed by atoms with E-state index in [-0.39, 0.29) is 11.9 Å². The van der Waals surface area contributed by atoms with Crippen molar-refractivity contribution in [3.8, 4) is 0 Å². The quantitative estimate of drug-likeness (QED) is 0.793. The fraction of sp³-hybridized carbons (Fsp3) is 0.615. The second kappa shape index (κ2) is 4.53. The predicted molar refractivity (Wildman–Crippen MR) is 67.8 cm³/mol. The molecule has 0 aromatic carbocycles. The minimum absolute atomic E-state index is 0.124. The number of hydrogen-bond acceptors (Lipinski definition) is 2. The number of likely N-dealkylation sites (tertiary alicyclic amines) is 1. The Morgan fingerprint density at radius 2 is 2.18 bits per heavy atom. The van der Waals surface area contributed by atoms with Gasteiger partial charge in [0.05, 0.1) is 0 Å². The van der Waals surface area contributed by atoms with Crippen LogP contribution >= 0.6 is 0 Å². The van der Waals surface area contributed by atoms with Crippen LogP contribution in [0.3, 0.4) is 0 Å². The number of carbonyl (C=O) groups excluding carboxylic acids is 1. The van der Waals surface area contributed by atoms with Crippen LogP contribution in [0, 0.1) is 12.8 Å². The number of rotatable bonds is 1. The fourth-order valence-electron chi connectivity index (χ4n) is 2.34. The van der Waals surface area contributed by atoms with Crippen LogP contribution in [0.25, 0.3) is 0 Å². The highest BCUT2D eigenvalue weighted by molar-refractivity contribution is 5.93. The smallest absolute Gasteiger partial charge is 0.270 e. The van der Waals surface area contributed by atoms with Gasteiger partial charge in [-0.05, 0) is 31.4 Å². The van der Waals surface area contributed by atoms with Crippen LogP contribution in [-0.2, 0) is 7.05 Å². The van der Waals surface area contributed by atoms with Gasteiger partial charge in [0.1, 0.15) is 5.69 Å². The lowest BCUT2D eigenvalue weighted by Gasteiger charge is -2.35. The number of aromatic nitrogens is 1. The number of hydrogen-bond donors (Lipinski definition) is 1. The summed E-state index contributed by atoms with van der Waals surface area (Å²) in [5, 5.41) is 0. The Morgan fingerprint density at radius 1 is 1.47 bits per heavy atom. The fourth-order valence-corrected chi connectivity index (χ4v) is 2.34. The highest BCUT2D eigenvalue weighted by atomic mass is 16.2. The molecule has 1 aromatic rings. The van der Waals surface area contributed by atoms with E-state index >= 15 is 0 Å². The molecule has 2 rings (SSSR count). The molecule has 17 heavy (non-hydrogen) atoms. The SMILES string of the molecule is Cc1ccc(C(=O)N2CCC(N)C(C)C2)n1C. The van der Waals surface area contributed by atoms with Gasteiger partial charge < -0.3 is 15.2 Å². The van der Waals surface area contributed by atoms with Crippen molar-refractivity contribution >= 4 is 5.91 Å². The molecular formula is C13H21N3O. The van der Waals surface area contributed by atoms with E-state index < -0.39 is 0 Å². The van der Waals surface area contributed by atoms with Crippen LogP contribution < -0.4 is 5.73 Å². The van der Waals surface area contributed by atoms with Gasteiger partial charge in [0.2, 0.25) is 0 Å². The number of piperidine rings is 1. The number of carbonyl (C=O) groups is 1. The highest BCUT2D eigenvalue weighted by Crippen LogP contribution is 2.18. The summed E-state index contributed by atoms with van der Waals surface area (Å²) in [7, 11) is 1.93. The molecule has 1 fully saturated rings. The van der Waals surface area contributed by atoms with Gasteiger partial charge in [-0.15, -0.1) is 0 Å². The van der Waals surface area contributed by atoms with Crippen LogP contribution in [0.4, 0.5) is 0 Å². The van der Waals surface area contributed by atoms with E-state index in [0.717, 1.165) is 30.9 Å². The molecular weight excluding hydrogens is 214 g/mol. The molecule has 4 heteroatoms. The van der Waals surface area contributed by atoms with Gasteiger partial charge in [0, 0.05) is 31.9 Å². The van der Waals surface area contributed by atoms with Gasteiger partial charge in [0.15, 0.2) is 0 Å². The van der Waals surface area contributed by atoms with Crippen molar-refractivity contribution in [1.29, 1.82) is 0 Å². The van der Waals surface area contributed by atoms with E-state index in [9.17, 15) is 4.79 Å². The van der Waals surface area contributed by atoms with Crippen LogP contribution in [0.2, 0.25) is 0 Å². The average molecular weight is 235 g/mol. The summed E-state index contributed by atoms with van der Waals surface area (Å²) in [6.07, 6.45) is 0.899. The molecule has 2 atom stereocenters. The zero-order chi connectivity index (χ0) is 12.6. The largest absolute Gasteiger partial charge is 0.344 e. The van der Waals surface area contributed by atoms with Crippen molar-refractivity contribution < 1.29 is 4.79 Å². The Balaban J connectivity index is 2.13. The van der Waals surface area contributed by atoms with E-state index in [1.54, 1.807) is 0 Å². The van der Waals surface area contributed by atoms with Gasteiger partial charge >= 0.3 is 0 Å². The topological polar surface area (TPSA) is 51.3 Å². The molecule has 0 radical (unpaired) electrons. The first-order valence-electron chi connectivity index (χ1n) is 6.18. The molecule has 1 aromatic heterocycles. The molecule has 1 aliphatic heterocycles. The lowest BCUT2D eigenvalue weighted by atomic mass is 9.94. The molecule has 1 saturated heterocycles. The first-order valence-corrected chi connectivity index (χ1v) is 6.18. The normalized spacial score (nSPS) is 25.1. The molecule has 2 heterocycles. The van der Waals surface area contributed by atoms with Crippen LogP contribution in [0.1, 0.15) is 29.5 Å². The number of nitrogens with zero attached hydrogens (tertiary/aromatic N) is 2. The minimum Gasteiger partial charge on any atom is -0.344 e. The maximum absolute atomic E-state index is 12.4. The van der Waals surface area contributed by atoms with Gasteiger partial charge in [0.25, 0.3) is 5.91 Å². The maximum atomic E-state index is 12.4. The van der Waals surface area contributed by atoms with Crippen LogP contribution in [-0.4, -0.2) is 34.5 Å². The zero-order valence-electron chi connectivity index (χ0n) is 10.8. The van der Waals surface area contributed by atoms with E-state index in [2.05, 4.69) is 6.92 Å². The molecule has 0 aliphatic carbocycles. The van der Waals surface area contributed by atoms with Gasteiger partial charge in [-0.3, -0.25) is 4.79 Å². The minimum atomic E-state index is 0.124. The van der Waals surface area contributed by atoms with Crippen molar-refractivity contribution in [1.82, 2.24) is 9.47 Å². The van der Waals surface area contributed by atoms with Crippen molar-refractivity contribution in [3.63, 3.8) is 0 Å². The first kappa shape index (κ1) is 12.2. The van der Waals surface area contributed by atoms with Gasteiger partial charge in [-0.2, -0.15) is 0 Å². The average Bonchev–Trinajstić information content (AvgIpc) is 2.63. The molecule has 0 saturated carbocycles. The van der Waals surface area contributed by atoms with Gasteiger partial charge in [-0.25, -0.2) is 0 Å². The summed E-state index contributed by atoms with van der Waals surface area (Å²) < 4.78 is 1.95. The third-order valence-corrected chi connectivity index (χ3v) is 3.85. The van der Waals surface area contributed by atoms with Crippen molar-refractivity contribution in [2.24, 2.45) is 18.7 Å². The lowest BCUT2D eigenvalue weighted by Crippen LogP contribution is -2.48. The summed E-state index contributed by atoms with van der Waals surface area (Å²) in [4.78, 5) is 14.3. The Labute approximate surface area is 102 Å². The molecule has 0 bridgehead atoms. The molecule has 2 unspecified atom stereocenters. The molecule has 94 valence electrons. The molecule has 4 nitrogen and oxygen atoms in total. The van der Waals surface area contributed by atoms with Gasteiger partial charge in [-0.1, -0.05) is 6.92 Å². The Bertz CT molecular complexity index is 424. The highest BCUT2D eigenvalue weighted by Gasteiger charge is 2.27. The van der Waals surface area contributed by atoms with E-state index in [1.807, 2.05) is 35.6 Å².